The van der Waals surface area contributed by atoms with E-state index in [4.69, 9.17) is 9.47 Å². The first kappa shape index (κ1) is 35.8. The van der Waals surface area contributed by atoms with E-state index in [9.17, 15) is 9.35 Å². The average molecular weight is 657 g/mol. The summed E-state index contributed by atoms with van der Waals surface area (Å²) in [5.74, 6) is 0.967. The van der Waals surface area contributed by atoms with Crippen molar-refractivity contribution in [2.45, 2.75) is 63.6 Å². The van der Waals surface area contributed by atoms with Crippen molar-refractivity contribution in [2.24, 2.45) is 0 Å². The Bertz CT molecular complexity index is 1550. The van der Waals surface area contributed by atoms with E-state index in [-0.39, 0.29) is 5.91 Å². The molecule has 0 aliphatic carbocycles. The molecule has 1 amide bonds. The average Bonchev–Trinajstić information content (AvgIpc) is 3.52. The lowest BCUT2D eigenvalue weighted by Gasteiger charge is -2.21. The predicted molar refractivity (Wildman–Crippen MR) is 193 cm³/mol. The highest BCUT2D eigenvalue weighted by atomic mass is 32.2. The maximum atomic E-state index is 13.0. The molecule has 0 saturated carbocycles. The summed E-state index contributed by atoms with van der Waals surface area (Å²) >= 11 is -1.21. The van der Waals surface area contributed by atoms with Crippen LogP contribution < -0.4 is 15.0 Å². The van der Waals surface area contributed by atoms with Crippen LogP contribution >= 0.6 is 0 Å². The van der Waals surface area contributed by atoms with Crippen LogP contribution in [0.1, 0.15) is 57.7 Å². The monoisotopic (exact) mass is 656 g/mol. The first-order valence-electron chi connectivity index (χ1n) is 16.5. The number of nitrogens with one attached hydrogen (secondary N) is 1. The number of ether oxygens (including phenoxy) is 2. The summed E-state index contributed by atoms with van der Waals surface area (Å²) in [6.07, 6.45) is 11.2. The van der Waals surface area contributed by atoms with E-state index in [1.165, 1.54) is 0 Å². The number of anilines is 2. The summed E-state index contributed by atoms with van der Waals surface area (Å²) in [6, 6.07) is 21.6. The molecule has 0 aliphatic rings. The number of carbonyl (C=O) groups is 1. The third kappa shape index (κ3) is 11.0. The lowest BCUT2D eigenvalue weighted by atomic mass is 10.0. The van der Waals surface area contributed by atoms with Crippen molar-refractivity contribution < 1.29 is 18.8 Å². The molecule has 0 saturated heterocycles. The first-order valence-corrected chi connectivity index (χ1v) is 17.9. The number of carbonyl (C=O) groups excluding carboxylic acids is 1. The van der Waals surface area contributed by atoms with Crippen molar-refractivity contribution in [3.8, 4) is 16.9 Å². The summed E-state index contributed by atoms with van der Waals surface area (Å²) in [5, 5.41) is 2.93. The van der Waals surface area contributed by atoms with Gasteiger partial charge in [0.15, 0.2) is 10.6 Å². The number of unbranched alkanes of at least 4 members (excludes halogenated alkanes) is 1. The Balaban J connectivity index is 1.40. The molecule has 0 bridgehead atoms. The maximum absolute atomic E-state index is 13.0. The minimum atomic E-state index is -1.21. The third-order valence-electron chi connectivity index (χ3n) is 7.67. The lowest BCUT2D eigenvalue weighted by Crippen LogP contribution is -2.18. The molecule has 0 radical (unpaired) electrons. The van der Waals surface area contributed by atoms with Gasteiger partial charge >= 0.3 is 0 Å². The first-order chi connectivity index (χ1) is 22.9. The van der Waals surface area contributed by atoms with Gasteiger partial charge in [-0.15, -0.1) is 0 Å². The van der Waals surface area contributed by atoms with E-state index >= 15 is 0 Å². The second kappa shape index (κ2) is 18.9. The number of benzene rings is 3. The molecule has 0 spiro atoms. The Hall–Kier alpha value is -4.05. The van der Waals surface area contributed by atoms with Crippen LogP contribution in [-0.4, -0.2) is 53.4 Å². The minimum absolute atomic E-state index is 0.239. The highest BCUT2D eigenvalue weighted by molar-refractivity contribution is 7.90. The number of imidazole rings is 1. The molecule has 0 fully saturated rings. The normalized spacial score (nSPS) is 11.9. The van der Waals surface area contributed by atoms with Gasteiger partial charge in [0.05, 0.1) is 24.8 Å². The van der Waals surface area contributed by atoms with Gasteiger partial charge in [-0.3, -0.25) is 4.79 Å². The summed E-state index contributed by atoms with van der Waals surface area (Å²) < 4.78 is 26.4. The largest absolute Gasteiger partial charge is 0.611 e. The van der Waals surface area contributed by atoms with Crippen LogP contribution in [0.25, 0.3) is 17.2 Å². The van der Waals surface area contributed by atoms with Gasteiger partial charge in [0.1, 0.15) is 12.4 Å². The fourth-order valence-corrected chi connectivity index (χ4v) is 6.26. The van der Waals surface area contributed by atoms with Gasteiger partial charge in [-0.25, -0.2) is 4.98 Å². The second-order valence-electron chi connectivity index (χ2n) is 11.4. The number of hydrogen-bond donors (Lipinski definition) is 1. The number of hydrogen-bond acceptors (Lipinski definition) is 6. The van der Waals surface area contributed by atoms with E-state index in [1.54, 1.807) is 42.9 Å². The molecular formula is C38H48N4O4S. The van der Waals surface area contributed by atoms with Gasteiger partial charge in [0.25, 0.3) is 0 Å². The lowest BCUT2D eigenvalue weighted by molar-refractivity contribution is -0.111. The summed E-state index contributed by atoms with van der Waals surface area (Å²) in [4.78, 5) is 20.1. The van der Waals surface area contributed by atoms with Crippen LogP contribution in [0.4, 0.5) is 11.4 Å². The van der Waals surface area contributed by atoms with Crippen LogP contribution in [0.3, 0.4) is 0 Å². The smallest absolute Gasteiger partial charge is 0.248 e. The topological polar surface area (TPSA) is 91.7 Å². The molecule has 1 atom stereocenters. The summed E-state index contributed by atoms with van der Waals surface area (Å²) in [7, 11) is 2.07. The van der Waals surface area contributed by atoms with Crippen molar-refractivity contribution >= 4 is 34.5 Å². The van der Waals surface area contributed by atoms with Crippen molar-refractivity contribution in [3.05, 3.63) is 96.6 Å². The standard InChI is InChI=1S/C38H48N4O4S/c1-5-8-23-45-24-25-46-35-15-9-30(10-16-35)31-11-19-37(41(4)21-6-2)32(26-31)12-20-38(43)40-33-13-17-36(18-14-33)47(44)28-34-27-39-29-42(34)22-7-3/h9-20,26-27,29H,5-8,21-25,28H2,1-4H3,(H,40,43)/t47-/m0/s1. The third-order valence-corrected chi connectivity index (χ3v) is 9.02. The summed E-state index contributed by atoms with van der Waals surface area (Å²) in [6.45, 7) is 10.0. The van der Waals surface area contributed by atoms with Crippen LogP contribution in [0.2, 0.25) is 0 Å². The number of rotatable bonds is 19. The Morgan fingerprint density at radius 1 is 0.957 bits per heavy atom. The Kier molecular flexibility index (Phi) is 14.4. The van der Waals surface area contributed by atoms with Gasteiger partial charge < -0.3 is 28.8 Å². The highest BCUT2D eigenvalue weighted by Gasteiger charge is 2.15. The molecule has 3 aromatic carbocycles. The van der Waals surface area contributed by atoms with Gasteiger partial charge in [-0.1, -0.05) is 45.4 Å². The maximum Gasteiger partial charge on any atom is 0.248 e. The van der Waals surface area contributed by atoms with Crippen LogP contribution in [-0.2, 0) is 33.0 Å². The van der Waals surface area contributed by atoms with Gasteiger partial charge in [0, 0.05) is 44.2 Å². The molecule has 250 valence electrons. The zero-order valence-electron chi connectivity index (χ0n) is 28.1. The number of amides is 1. The number of aromatic nitrogens is 2. The molecule has 0 aliphatic heterocycles. The Morgan fingerprint density at radius 3 is 2.45 bits per heavy atom. The van der Waals surface area contributed by atoms with E-state index in [0.717, 1.165) is 79.2 Å². The zero-order chi connectivity index (χ0) is 33.4. The molecule has 47 heavy (non-hydrogen) atoms. The zero-order valence-corrected chi connectivity index (χ0v) is 28.9. The molecule has 0 unspecified atom stereocenters. The minimum Gasteiger partial charge on any atom is -0.611 e. The molecule has 4 aromatic rings. The molecule has 1 aromatic heterocycles. The van der Waals surface area contributed by atoms with E-state index in [1.807, 2.05) is 22.8 Å². The number of aryl methyl sites for hydroxylation is 1. The second-order valence-corrected chi connectivity index (χ2v) is 12.9. The van der Waals surface area contributed by atoms with Crippen molar-refractivity contribution in [2.75, 3.05) is 43.6 Å². The van der Waals surface area contributed by atoms with E-state index in [0.29, 0.717) is 29.5 Å². The van der Waals surface area contributed by atoms with E-state index in [2.05, 4.69) is 73.4 Å². The molecule has 1 heterocycles. The van der Waals surface area contributed by atoms with Crippen molar-refractivity contribution in [1.82, 2.24) is 9.55 Å². The van der Waals surface area contributed by atoms with Gasteiger partial charge in [-0.05, 0) is 102 Å². The SMILES string of the molecule is CCCCOCCOc1ccc(-c2ccc(N(C)CCC)c(C=CC(=O)Nc3ccc([S@@+]([O-])Cc4cncn4CCC)cc3)c2)cc1. The van der Waals surface area contributed by atoms with Crippen LogP contribution in [0.15, 0.2) is 90.2 Å². The number of nitrogens with zero attached hydrogens (tertiary/aromatic N) is 3. The Morgan fingerprint density at radius 2 is 1.72 bits per heavy atom. The quantitative estimate of drug-likeness (QED) is 0.0626. The Labute approximate surface area is 283 Å². The van der Waals surface area contributed by atoms with Crippen LogP contribution in [0.5, 0.6) is 5.75 Å². The molecule has 1 N–H and O–H groups in total. The molecular weight excluding hydrogens is 609 g/mol. The van der Waals surface area contributed by atoms with Crippen LogP contribution in [0, 0.1) is 0 Å². The fraction of sp³-hybridized carbons (Fsp3) is 0.368. The van der Waals surface area contributed by atoms with Crippen molar-refractivity contribution in [1.29, 1.82) is 0 Å². The highest BCUT2D eigenvalue weighted by Crippen LogP contribution is 2.30. The van der Waals surface area contributed by atoms with Gasteiger partial charge in [-0.2, -0.15) is 0 Å². The van der Waals surface area contributed by atoms with E-state index < -0.39 is 11.2 Å². The molecule has 9 heteroatoms. The van der Waals surface area contributed by atoms with Crippen molar-refractivity contribution in [3.63, 3.8) is 0 Å². The van der Waals surface area contributed by atoms with Gasteiger partial charge in [0.2, 0.25) is 5.91 Å². The molecule has 8 nitrogen and oxygen atoms in total. The molecule has 4 rings (SSSR count). The fourth-order valence-electron chi connectivity index (χ4n) is 5.15. The predicted octanol–water partition coefficient (Wildman–Crippen LogP) is 7.96. The summed E-state index contributed by atoms with van der Waals surface area (Å²) in [5.41, 5.74) is 5.71.